The van der Waals surface area contributed by atoms with Gasteiger partial charge < -0.3 is 5.32 Å². The van der Waals surface area contributed by atoms with Crippen molar-refractivity contribution in [2.24, 2.45) is 0 Å². The maximum absolute atomic E-state index is 11.6. The van der Waals surface area contributed by atoms with Crippen LogP contribution < -0.4 is 5.32 Å². The van der Waals surface area contributed by atoms with Gasteiger partial charge in [-0.15, -0.1) is 0 Å². The summed E-state index contributed by atoms with van der Waals surface area (Å²) >= 11 is 0. The van der Waals surface area contributed by atoms with Crippen LogP contribution in [-0.2, 0) is 0 Å². The summed E-state index contributed by atoms with van der Waals surface area (Å²) in [6.07, 6.45) is 1.60. The van der Waals surface area contributed by atoms with Crippen LogP contribution >= 0.6 is 0 Å². The third kappa shape index (κ3) is 1.98. The minimum absolute atomic E-state index is 0.278. The van der Waals surface area contributed by atoms with E-state index in [0.717, 1.165) is 0 Å². The molecule has 0 unspecified atom stereocenters. The van der Waals surface area contributed by atoms with Gasteiger partial charge in [-0.3, -0.25) is 4.79 Å². The predicted octanol–water partition coefficient (Wildman–Crippen LogP) is 0.760. The van der Waals surface area contributed by atoms with Gasteiger partial charge >= 0.3 is 0 Å². The summed E-state index contributed by atoms with van der Waals surface area (Å²) in [6.45, 7) is 1.71. The van der Waals surface area contributed by atoms with Gasteiger partial charge in [0.1, 0.15) is 5.82 Å². The molecule has 0 aliphatic heterocycles. The van der Waals surface area contributed by atoms with Crippen LogP contribution in [0.5, 0.6) is 0 Å². The fraction of sp³-hybridized carbons (Fsp3) is 0.111. The van der Waals surface area contributed by atoms with Crippen molar-refractivity contribution in [1.82, 2.24) is 20.4 Å². The van der Waals surface area contributed by atoms with Gasteiger partial charge in [0, 0.05) is 6.20 Å². The Morgan fingerprint density at radius 1 is 1.40 bits per heavy atom. The van der Waals surface area contributed by atoms with Crippen molar-refractivity contribution in [2.75, 3.05) is 5.32 Å². The molecular weight excluding hydrogens is 194 g/mol. The van der Waals surface area contributed by atoms with Gasteiger partial charge in [-0.1, -0.05) is 6.07 Å². The zero-order chi connectivity index (χ0) is 10.7. The second-order valence-electron chi connectivity index (χ2n) is 2.93. The van der Waals surface area contributed by atoms with Crippen molar-refractivity contribution in [3.8, 4) is 0 Å². The first-order valence-corrected chi connectivity index (χ1v) is 4.37. The summed E-state index contributed by atoms with van der Waals surface area (Å²) in [6, 6.07) is 5.27. The molecule has 6 heteroatoms. The number of hydrogen-bond acceptors (Lipinski definition) is 4. The van der Waals surface area contributed by atoms with Crippen LogP contribution in [0.15, 0.2) is 24.4 Å². The Morgan fingerprint density at radius 3 is 2.87 bits per heavy atom. The van der Waals surface area contributed by atoms with Crippen LogP contribution in [0.4, 0.5) is 5.82 Å². The molecule has 76 valence electrons. The quantitative estimate of drug-likeness (QED) is 0.754. The van der Waals surface area contributed by atoms with Gasteiger partial charge in [0.15, 0.2) is 5.69 Å². The average Bonchev–Trinajstić information content (AvgIpc) is 2.66. The number of carbonyl (C=O) groups is 1. The molecule has 0 aliphatic carbocycles. The highest BCUT2D eigenvalue weighted by molar-refractivity contribution is 6.02. The van der Waals surface area contributed by atoms with E-state index in [4.69, 9.17) is 0 Å². The Hall–Kier alpha value is -2.24. The number of rotatable bonds is 2. The molecular formula is C9H9N5O. The number of aryl methyl sites for hydroxylation is 1. The SMILES string of the molecule is Cc1n[nH]nc1C(=O)Nc1ccccn1. The molecule has 0 saturated heterocycles. The topological polar surface area (TPSA) is 83.6 Å². The number of amides is 1. The number of aromatic amines is 1. The summed E-state index contributed by atoms with van der Waals surface area (Å²) in [5.74, 6) is 0.171. The number of carbonyl (C=O) groups excluding carboxylic acids is 1. The number of hydrogen-bond donors (Lipinski definition) is 2. The molecule has 15 heavy (non-hydrogen) atoms. The largest absolute Gasteiger partial charge is 0.305 e. The maximum atomic E-state index is 11.6. The monoisotopic (exact) mass is 203 g/mol. The van der Waals surface area contributed by atoms with Crippen LogP contribution in [0.25, 0.3) is 0 Å². The number of pyridine rings is 1. The summed E-state index contributed by atoms with van der Waals surface area (Å²) in [7, 11) is 0. The maximum Gasteiger partial charge on any atom is 0.279 e. The average molecular weight is 203 g/mol. The fourth-order valence-electron chi connectivity index (χ4n) is 1.11. The number of nitrogens with one attached hydrogen (secondary N) is 2. The lowest BCUT2D eigenvalue weighted by molar-refractivity contribution is 0.102. The normalized spacial score (nSPS) is 9.93. The van der Waals surface area contributed by atoms with Gasteiger partial charge in [0.05, 0.1) is 5.69 Å². The molecule has 2 heterocycles. The van der Waals surface area contributed by atoms with E-state index in [9.17, 15) is 4.79 Å². The molecule has 0 fully saturated rings. The molecule has 2 rings (SSSR count). The molecule has 0 bridgehead atoms. The number of anilines is 1. The minimum Gasteiger partial charge on any atom is -0.305 e. The van der Waals surface area contributed by atoms with E-state index in [1.807, 2.05) is 0 Å². The van der Waals surface area contributed by atoms with E-state index in [1.54, 1.807) is 31.3 Å². The van der Waals surface area contributed by atoms with E-state index in [-0.39, 0.29) is 11.6 Å². The first-order chi connectivity index (χ1) is 7.27. The standard InChI is InChI=1S/C9H9N5O/c1-6-8(13-14-12-6)9(15)11-7-4-2-3-5-10-7/h2-5H,1H3,(H,10,11,15)(H,12,13,14). The third-order valence-electron chi connectivity index (χ3n) is 1.84. The zero-order valence-electron chi connectivity index (χ0n) is 8.06. The van der Waals surface area contributed by atoms with Crippen LogP contribution in [0.3, 0.4) is 0 Å². The molecule has 6 nitrogen and oxygen atoms in total. The molecule has 0 atom stereocenters. The van der Waals surface area contributed by atoms with Crippen LogP contribution in [0, 0.1) is 6.92 Å². The second-order valence-corrected chi connectivity index (χ2v) is 2.93. The molecule has 2 aromatic rings. The van der Waals surface area contributed by atoms with Crippen LogP contribution in [-0.4, -0.2) is 26.3 Å². The van der Waals surface area contributed by atoms with E-state index in [2.05, 4.69) is 25.7 Å². The van der Waals surface area contributed by atoms with Gasteiger partial charge in [-0.05, 0) is 19.1 Å². The highest BCUT2D eigenvalue weighted by Crippen LogP contribution is 2.04. The van der Waals surface area contributed by atoms with Crippen molar-refractivity contribution in [1.29, 1.82) is 0 Å². The fourth-order valence-corrected chi connectivity index (χ4v) is 1.11. The minimum atomic E-state index is -0.319. The van der Waals surface area contributed by atoms with Crippen LogP contribution in [0.1, 0.15) is 16.2 Å². The summed E-state index contributed by atoms with van der Waals surface area (Å²) in [5.41, 5.74) is 0.837. The van der Waals surface area contributed by atoms with E-state index >= 15 is 0 Å². The Kier molecular flexibility index (Phi) is 2.40. The molecule has 2 aromatic heterocycles. The third-order valence-corrected chi connectivity index (χ3v) is 1.84. The van der Waals surface area contributed by atoms with E-state index in [1.165, 1.54) is 0 Å². The van der Waals surface area contributed by atoms with E-state index < -0.39 is 0 Å². The highest BCUT2D eigenvalue weighted by Gasteiger charge is 2.13. The van der Waals surface area contributed by atoms with Gasteiger partial charge in [-0.2, -0.15) is 15.4 Å². The second kappa shape index (κ2) is 3.87. The molecule has 0 spiro atoms. The Balaban J connectivity index is 2.15. The van der Waals surface area contributed by atoms with Crippen molar-refractivity contribution >= 4 is 11.7 Å². The zero-order valence-corrected chi connectivity index (χ0v) is 8.06. The molecule has 0 aliphatic rings. The highest BCUT2D eigenvalue weighted by atomic mass is 16.2. The van der Waals surface area contributed by atoms with Crippen molar-refractivity contribution < 1.29 is 4.79 Å². The summed E-state index contributed by atoms with van der Waals surface area (Å²) in [5, 5.41) is 12.5. The first kappa shape index (κ1) is 9.32. The van der Waals surface area contributed by atoms with Crippen molar-refractivity contribution in [3.05, 3.63) is 35.8 Å². The Labute approximate surface area is 85.7 Å². The van der Waals surface area contributed by atoms with Crippen molar-refractivity contribution in [3.63, 3.8) is 0 Å². The lowest BCUT2D eigenvalue weighted by Gasteiger charge is -2.00. The van der Waals surface area contributed by atoms with Crippen molar-refractivity contribution in [2.45, 2.75) is 6.92 Å². The summed E-state index contributed by atoms with van der Waals surface area (Å²) in [4.78, 5) is 15.6. The first-order valence-electron chi connectivity index (χ1n) is 4.37. The number of aromatic nitrogens is 4. The number of nitrogens with zero attached hydrogens (tertiary/aromatic N) is 3. The molecule has 1 amide bonds. The Bertz CT molecular complexity index is 464. The molecule has 0 aromatic carbocycles. The van der Waals surface area contributed by atoms with Crippen LogP contribution in [0.2, 0.25) is 0 Å². The lowest BCUT2D eigenvalue weighted by Crippen LogP contribution is -2.14. The van der Waals surface area contributed by atoms with Gasteiger partial charge in [0.25, 0.3) is 5.91 Å². The number of H-pyrrole nitrogens is 1. The van der Waals surface area contributed by atoms with Gasteiger partial charge in [-0.25, -0.2) is 4.98 Å². The predicted molar refractivity (Wildman–Crippen MR) is 53.3 cm³/mol. The molecule has 0 radical (unpaired) electrons. The summed E-state index contributed by atoms with van der Waals surface area (Å²) < 4.78 is 0. The smallest absolute Gasteiger partial charge is 0.279 e. The lowest BCUT2D eigenvalue weighted by atomic mass is 10.3. The van der Waals surface area contributed by atoms with Gasteiger partial charge in [0.2, 0.25) is 0 Å². The molecule has 2 N–H and O–H groups in total. The Morgan fingerprint density at radius 2 is 2.27 bits per heavy atom. The van der Waals surface area contributed by atoms with E-state index in [0.29, 0.717) is 11.5 Å². The molecule has 0 saturated carbocycles.